The molecule has 0 bridgehead atoms. The first-order valence-electron chi connectivity index (χ1n) is 5.51. The van der Waals surface area contributed by atoms with Gasteiger partial charge in [-0.05, 0) is 34.5 Å². The molecular formula is C12H13BrClNO2. The van der Waals surface area contributed by atoms with Crippen LogP contribution in [-0.2, 0) is 4.74 Å². The molecule has 1 aliphatic rings. The van der Waals surface area contributed by atoms with Crippen LogP contribution in [0.15, 0.2) is 22.7 Å². The van der Waals surface area contributed by atoms with Crippen LogP contribution in [0.1, 0.15) is 16.8 Å². The number of benzene rings is 1. The fourth-order valence-corrected chi connectivity index (χ4v) is 2.36. The van der Waals surface area contributed by atoms with Crippen molar-refractivity contribution in [1.29, 1.82) is 0 Å². The smallest absolute Gasteiger partial charge is 0.255 e. The van der Waals surface area contributed by atoms with Crippen LogP contribution in [-0.4, -0.2) is 37.1 Å². The van der Waals surface area contributed by atoms with Gasteiger partial charge in [0.2, 0.25) is 0 Å². The number of nitrogens with zero attached hydrogens (tertiary/aromatic N) is 1. The third-order valence-electron chi connectivity index (χ3n) is 2.69. The first-order chi connectivity index (χ1) is 8.20. The molecule has 17 heavy (non-hydrogen) atoms. The molecule has 2 rings (SSSR count). The van der Waals surface area contributed by atoms with E-state index in [1.165, 1.54) is 0 Å². The Hall–Kier alpha value is -0.580. The van der Waals surface area contributed by atoms with E-state index in [9.17, 15) is 4.79 Å². The second kappa shape index (κ2) is 5.85. The number of carbonyl (C=O) groups is 1. The topological polar surface area (TPSA) is 29.5 Å². The standard InChI is InChI=1S/C12H13BrClNO2/c13-10-4-1-3-9(11(10)14)12(16)15-5-2-7-17-8-6-15/h1,3-4H,2,5-8H2. The van der Waals surface area contributed by atoms with Crippen LogP contribution in [0, 0.1) is 0 Å². The van der Waals surface area contributed by atoms with Gasteiger partial charge in [-0.15, -0.1) is 0 Å². The van der Waals surface area contributed by atoms with Crippen LogP contribution in [0.3, 0.4) is 0 Å². The van der Waals surface area contributed by atoms with Gasteiger partial charge in [0.15, 0.2) is 0 Å². The largest absolute Gasteiger partial charge is 0.380 e. The van der Waals surface area contributed by atoms with E-state index in [0.29, 0.717) is 23.7 Å². The molecular weight excluding hydrogens is 305 g/mol. The van der Waals surface area contributed by atoms with Gasteiger partial charge in [-0.25, -0.2) is 0 Å². The average molecular weight is 319 g/mol. The minimum Gasteiger partial charge on any atom is -0.380 e. The van der Waals surface area contributed by atoms with Crippen molar-refractivity contribution in [2.24, 2.45) is 0 Å². The SMILES string of the molecule is O=C(c1cccc(Br)c1Cl)N1CCCOCC1. The van der Waals surface area contributed by atoms with Gasteiger partial charge in [0.05, 0.1) is 17.2 Å². The van der Waals surface area contributed by atoms with E-state index < -0.39 is 0 Å². The van der Waals surface area contributed by atoms with E-state index in [1.807, 2.05) is 12.1 Å². The van der Waals surface area contributed by atoms with Crippen LogP contribution in [0.25, 0.3) is 0 Å². The second-order valence-corrected chi connectivity index (χ2v) is 5.09. The Balaban J connectivity index is 2.20. The molecule has 1 saturated heterocycles. The van der Waals surface area contributed by atoms with Gasteiger partial charge in [-0.3, -0.25) is 4.79 Å². The summed E-state index contributed by atoms with van der Waals surface area (Å²) >= 11 is 9.45. The zero-order valence-electron chi connectivity index (χ0n) is 9.29. The maximum Gasteiger partial charge on any atom is 0.255 e. The van der Waals surface area contributed by atoms with Crippen LogP contribution < -0.4 is 0 Å². The Labute approximate surface area is 114 Å². The molecule has 0 unspecified atom stereocenters. The van der Waals surface area contributed by atoms with Crippen molar-refractivity contribution in [3.63, 3.8) is 0 Å². The van der Waals surface area contributed by atoms with Crippen molar-refractivity contribution in [3.05, 3.63) is 33.3 Å². The lowest BCUT2D eigenvalue weighted by Gasteiger charge is -2.20. The molecule has 3 nitrogen and oxygen atoms in total. The summed E-state index contributed by atoms with van der Waals surface area (Å²) in [4.78, 5) is 14.1. The van der Waals surface area contributed by atoms with E-state index in [1.54, 1.807) is 11.0 Å². The molecule has 0 aromatic heterocycles. The Morgan fingerprint density at radius 1 is 1.35 bits per heavy atom. The van der Waals surface area contributed by atoms with Gasteiger partial charge in [0.1, 0.15) is 0 Å². The molecule has 0 saturated carbocycles. The van der Waals surface area contributed by atoms with E-state index in [2.05, 4.69) is 15.9 Å². The Kier molecular flexibility index (Phi) is 4.42. The average Bonchev–Trinajstić information content (AvgIpc) is 2.60. The summed E-state index contributed by atoms with van der Waals surface area (Å²) in [5, 5.41) is 0.475. The Bertz CT molecular complexity index is 417. The Morgan fingerprint density at radius 3 is 3.00 bits per heavy atom. The summed E-state index contributed by atoms with van der Waals surface area (Å²) in [5.74, 6) is -0.0261. The van der Waals surface area contributed by atoms with E-state index >= 15 is 0 Å². The van der Waals surface area contributed by atoms with E-state index in [4.69, 9.17) is 16.3 Å². The summed E-state index contributed by atoms with van der Waals surface area (Å²) in [6, 6.07) is 5.39. The Morgan fingerprint density at radius 2 is 2.18 bits per heavy atom. The number of carbonyl (C=O) groups excluding carboxylic acids is 1. The highest BCUT2D eigenvalue weighted by Crippen LogP contribution is 2.27. The molecule has 0 atom stereocenters. The summed E-state index contributed by atoms with van der Waals surface area (Å²) in [5.41, 5.74) is 0.544. The van der Waals surface area contributed by atoms with Gasteiger partial charge in [0.25, 0.3) is 5.91 Å². The zero-order valence-corrected chi connectivity index (χ0v) is 11.6. The van der Waals surface area contributed by atoms with Crippen LogP contribution in [0.5, 0.6) is 0 Å². The summed E-state index contributed by atoms with van der Waals surface area (Å²) < 4.78 is 6.07. The normalized spacial score (nSPS) is 16.7. The fourth-order valence-electron chi connectivity index (χ4n) is 1.79. The molecule has 1 aromatic carbocycles. The van der Waals surface area contributed by atoms with Crippen LogP contribution in [0.2, 0.25) is 5.02 Å². The number of rotatable bonds is 1. The highest BCUT2D eigenvalue weighted by atomic mass is 79.9. The predicted octanol–water partition coefficient (Wildman–Crippen LogP) is 2.97. The zero-order chi connectivity index (χ0) is 12.3. The third kappa shape index (κ3) is 3.00. The first kappa shape index (κ1) is 12.9. The highest BCUT2D eigenvalue weighted by Gasteiger charge is 2.20. The van der Waals surface area contributed by atoms with Gasteiger partial charge in [-0.1, -0.05) is 17.7 Å². The van der Waals surface area contributed by atoms with E-state index in [-0.39, 0.29) is 5.91 Å². The molecule has 1 fully saturated rings. The van der Waals surface area contributed by atoms with Crippen LogP contribution in [0.4, 0.5) is 0 Å². The van der Waals surface area contributed by atoms with Gasteiger partial charge in [-0.2, -0.15) is 0 Å². The van der Waals surface area contributed by atoms with E-state index in [0.717, 1.165) is 24.0 Å². The minimum absolute atomic E-state index is 0.0261. The van der Waals surface area contributed by atoms with Crippen molar-refractivity contribution >= 4 is 33.4 Å². The minimum atomic E-state index is -0.0261. The van der Waals surface area contributed by atoms with Gasteiger partial charge < -0.3 is 9.64 Å². The third-order valence-corrected chi connectivity index (χ3v) is 3.99. The van der Waals surface area contributed by atoms with Crippen molar-refractivity contribution < 1.29 is 9.53 Å². The fraction of sp³-hybridized carbons (Fsp3) is 0.417. The van der Waals surface area contributed by atoms with Gasteiger partial charge in [0, 0.05) is 24.2 Å². The summed E-state index contributed by atoms with van der Waals surface area (Å²) in [7, 11) is 0. The number of hydrogen-bond donors (Lipinski definition) is 0. The molecule has 5 heteroatoms. The molecule has 1 heterocycles. The van der Waals surface area contributed by atoms with Crippen molar-refractivity contribution in [2.45, 2.75) is 6.42 Å². The monoisotopic (exact) mass is 317 g/mol. The molecule has 0 spiro atoms. The van der Waals surface area contributed by atoms with Crippen molar-refractivity contribution in [3.8, 4) is 0 Å². The maximum atomic E-state index is 12.3. The lowest BCUT2D eigenvalue weighted by Crippen LogP contribution is -2.33. The first-order valence-corrected chi connectivity index (χ1v) is 6.68. The maximum absolute atomic E-state index is 12.3. The van der Waals surface area contributed by atoms with Crippen LogP contribution >= 0.6 is 27.5 Å². The molecule has 92 valence electrons. The number of amides is 1. The lowest BCUT2D eigenvalue weighted by molar-refractivity contribution is 0.0741. The quantitative estimate of drug-likeness (QED) is 0.797. The second-order valence-electron chi connectivity index (χ2n) is 3.86. The van der Waals surface area contributed by atoms with Crippen molar-refractivity contribution in [1.82, 2.24) is 4.90 Å². The summed E-state index contributed by atoms with van der Waals surface area (Å²) in [6.45, 7) is 2.66. The molecule has 0 radical (unpaired) electrons. The number of hydrogen-bond acceptors (Lipinski definition) is 2. The molecule has 0 N–H and O–H groups in total. The highest BCUT2D eigenvalue weighted by molar-refractivity contribution is 9.10. The molecule has 1 aromatic rings. The number of ether oxygens (including phenoxy) is 1. The molecule has 0 aliphatic carbocycles. The predicted molar refractivity (Wildman–Crippen MR) is 70.5 cm³/mol. The molecule has 1 aliphatic heterocycles. The van der Waals surface area contributed by atoms with Gasteiger partial charge >= 0.3 is 0 Å². The van der Waals surface area contributed by atoms with Crippen molar-refractivity contribution in [2.75, 3.05) is 26.3 Å². The summed E-state index contributed by atoms with van der Waals surface area (Å²) in [6.07, 6.45) is 0.872. The molecule has 1 amide bonds. The lowest BCUT2D eigenvalue weighted by atomic mass is 10.2. The number of halogens is 2.